The summed E-state index contributed by atoms with van der Waals surface area (Å²) in [7, 11) is 0. The highest BCUT2D eigenvalue weighted by Crippen LogP contribution is 2.04. The molecule has 0 bridgehead atoms. The molecule has 3 N–H and O–H groups in total. The van der Waals surface area contributed by atoms with Crippen molar-refractivity contribution >= 4 is 12.0 Å². The molecule has 0 aromatic heterocycles. The van der Waals surface area contributed by atoms with Crippen LogP contribution in [0.4, 0.5) is 4.39 Å². The molecule has 1 unspecified atom stereocenters. The molecular weight excluding hydrogens is 207 g/mol. The summed E-state index contributed by atoms with van der Waals surface area (Å²) >= 11 is 0. The summed E-state index contributed by atoms with van der Waals surface area (Å²) in [4.78, 5) is 11.3. The number of amides is 1. The second kappa shape index (κ2) is 6.02. The minimum atomic E-state index is -0.293. The fourth-order valence-corrected chi connectivity index (χ4v) is 1.07. The van der Waals surface area contributed by atoms with Crippen molar-refractivity contribution in [2.75, 3.05) is 6.54 Å². The second-order valence-electron chi connectivity index (χ2n) is 3.61. The van der Waals surface area contributed by atoms with Gasteiger partial charge >= 0.3 is 0 Å². The van der Waals surface area contributed by atoms with E-state index in [1.165, 1.54) is 18.2 Å². The van der Waals surface area contributed by atoms with Crippen LogP contribution in [0.25, 0.3) is 6.08 Å². The van der Waals surface area contributed by atoms with Crippen LogP contribution in [0.2, 0.25) is 0 Å². The van der Waals surface area contributed by atoms with E-state index >= 15 is 0 Å². The van der Waals surface area contributed by atoms with E-state index in [0.29, 0.717) is 6.54 Å². The Labute approximate surface area is 94.1 Å². The van der Waals surface area contributed by atoms with E-state index in [1.807, 2.05) is 6.92 Å². The third kappa shape index (κ3) is 4.70. The lowest BCUT2D eigenvalue weighted by Crippen LogP contribution is -2.34. The lowest BCUT2D eigenvalue weighted by atomic mass is 10.2. The summed E-state index contributed by atoms with van der Waals surface area (Å²) in [6.07, 6.45) is 3.02. The highest BCUT2D eigenvalue weighted by atomic mass is 19.1. The van der Waals surface area contributed by atoms with Crippen LogP contribution in [0.3, 0.4) is 0 Å². The van der Waals surface area contributed by atoms with Crippen molar-refractivity contribution in [1.82, 2.24) is 5.32 Å². The highest BCUT2D eigenvalue weighted by Gasteiger charge is 1.97. The Hall–Kier alpha value is -1.68. The van der Waals surface area contributed by atoms with Gasteiger partial charge in [0.05, 0.1) is 0 Å². The number of rotatable bonds is 4. The lowest BCUT2D eigenvalue weighted by Gasteiger charge is -2.04. The Balaban J connectivity index is 2.47. The van der Waals surface area contributed by atoms with E-state index in [4.69, 9.17) is 5.73 Å². The van der Waals surface area contributed by atoms with Crippen LogP contribution in [0, 0.1) is 5.82 Å². The van der Waals surface area contributed by atoms with Crippen LogP contribution in [-0.4, -0.2) is 18.5 Å². The van der Waals surface area contributed by atoms with Crippen molar-refractivity contribution in [2.24, 2.45) is 5.73 Å². The minimum absolute atomic E-state index is 0.0665. The molecule has 86 valence electrons. The monoisotopic (exact) mass is 222 g/mol. The van der Waals surface area contributed by atoms with E-state index in [9.17, 15) is 9.18 Å². The van der Waals surface area contributed by atoms with Gasteiger partial charge < -0.3 is 11.1 Å². The molecule has 1 rings (SSSR count). The fourth-order valence-electron chi connectivity index (χ4n) is 1.07. The second-order valence-corrected chi connectivity index (χ2v) is 3.61. The van der Waals surface area contributed by atoms with Crippen molar-refractivity contribution in [3.05, 3.63) is 41.7 Å². The maximum absolute atomic E-state index is 12.6. The number of nitrogens with one attached hydrogen (secondary N) is 1. The molecule has 1 amide bonds. The molecule has 1 atom stereocenters. The third-order valence-electron chi connectivity index (χ3n) is 1.90. The predicted octanol–water partition coefficient (Wildman–Crippen LogP) is 1.30. The molecule has 3 nitrogen and oxygen atoms in total. The third-order valence-corrected chi connectivity index (χ3v) is 1.90. The van der Waals surface area contributed by atoms with Crippen LogP contribution in [-0.2, 0) is 4.79 Å². The molecule has 4 heteroatoms. The minimum Gasteiger partial charge on any atom is -0.351 e. The summed E-state index contributed by atoms with van der Waals surface area (Å²) in [5.74, 6) is -0.500. The molecule has 0 radical (unpaired) electrons. The summed E-state index contributed by atoms with van der Waals surface area (Å²) in [5, 5.41) is 2.64. The number of benzene rings is 1. The first-order chi connectivity index (χ1) is 7.58. The Morgan fingerprint density at radius 2 is 2.12 bits per heavy atom. The molecule has 0 saturated carbocycles. The number of carbonyl (C=O) groups is 1. The van der Waals surface area contributed by atoms with Crippen LogP contribution in [0.1, 0.15) is 12.5 Å². The van der Waals surface area contributed by atoms with Gasteiger partial charge in [0.25, 0.3) is 0 Å². The molecule has 0 saturated heterocycles. The summed E-state index contributed by atoms with van der Waals surface area (Å²) in [6.45, 7) is 2.25. The summed E-state index contributed by atoms with van der Waals surface area (Å²) in [5.41, 5.74) is 6.26. The normalized spacial score (nSPS) is 12.7. The van der Waals surface area contributed by atoms with Crippen molar-refractivity contribution in [1.29, 1.82) is 0 Å². The van der Waals surface area contributed by atoms with Crippen molar-refractivity contribution in [2.45, 2.75) is 13.0 Å². The molecule has 1 aromatic carbocycles. The topological polar surface area (TPSA) is 55.1 Å². The predicted molar refractivity (Wildman–Crippen MR) is 62.1 cm³/mol. The van der Waals surface area contributed by atoms with Crippen molar-refractivity contribution in [3.8, 4) is 0 Å². The zero-order chi connectivity index (χ0) is 12.0. The van der Waals surface area contributed by atoms with Gasteiger partial charge in [0, 0.05) is 18.7 Å². The number of hydrogen-bond acceptors (Lipinski definition) is 2. The lowest BCUT2D eigenvalue weighted by molar-refractivity contribution is -0.116. The summed E-state index contributed by atoms with van der Waals surface area (Å²) in [6, 6.07) is 5.83. The fraction of sp³-hybridized carbons (Fsp3) is 0.250. The van der Waals surface area contributed by atoms with Crippen molar-refractivity contribution < 1.29 is 9.18 Å². The zero-order valence-electron chi connectivity index (χ0n) is 9.11. The van der Waals surface area contributed by atoms with E-state index in [-0.39, 0.29) is 17.8 Å². The number of hydrogen-bond donors (Lipinski definition) is 2. The van der Waals surface area contributed by atoms with Gasteiger partial charge in [-0.1, -0.05) is 12.1 Å². The molecule has 16 heavy (non-hydrogen) atoms. The number of nitrogens with two attached hydrogens (primary N) is 1. The molecular formula is C12H15FN2O. The van der Waals surface area contributed by atoms with E-state index < -0.39 is 0 Å². The first-order valence-corrected chi connectivity index (χ1v) is 5.05. The zero-order valence-corrected chi connectivity index (χ0v) is 9.11. The van der Waals surface area contributed by atoms with Crippen LogP contribution < -0.4 is 11.1 Å². The average molecular weight is 222 g/mol. The average Bonchev–Trinajstić information content (AvgIpc) is 2.25. The van der Waals surface area contributed by atoms with E-state index in [1.54, 1.807) is 18.2 Å². The maximum Gasteiger partial charge on any atom is 0.244 e. The molecule has 0 fully saturated rings. The molecule has 0 aliphatic carbocycles. The Kier molecular flexibility index (Phi) is 4.66. The number of carbonyl (C=O) groups excluding carboxylic acids is 1. The van der Waals surface area contributed by atoms with E-state index in [2.05, 4.69) is 5.32 Å². The Morgan fingerprint density at radius 1 is 1.50 bits per heavy atom. The molecule has 0 spiro atoms. The van der Waals surface area contributed by atoms with Crippen LogP contribution >= 0.6 is 0 Å². The SMILES string of the molecule is CC(N)CNC(=O)/C=C/c1ccc(F)cc1. The van der Waals surface area contributed by atoms with Gasteiger partial charge in [0.2, 0.25) is 5.91 Å². The Bertz CT molecular complexity index is 371. The van der Waals surface area contributed by atoms with Gasteiger partial charge in [-0.15, -0.1) is 0 Å². The Morgan fingerprint density at radius 3 is 2.69 bits per heavy atom. The highest BCUT2D eigenvalue weighted by molar-refractivity contribution is 5.91. The standard InChI is InChI=1S/C12H15FN2O/c1-9(14)8-15-12(16)7-4-10-2-5-11(13)6-3-10/h2-7,9H,8,14H2,1H3,(H,15,16)/b7-4+. The van der Waals surface area contributed by atoms with Gasteiger partial charge in [-0.2, -0.15) is 0 Å². The maximum atomic E-state index is 12.6. The smallest absolute Gasteiger partial charge is 0.244 e. The van der Waals surface area contributed by atoms with E-state index in [0.717, 1.165) is 5.56 Å². The van der Waals surface area contributed by atoms with Gasteiger partial charge in [0.1, 0.15) is 5.82 Å². The van der Waals surface area contributed by atoms with Crippen molar-refractivity contribution in [3.63, 3.8) is 0 Å². The van der Waals surface area contributed by atoms with Gasteiger partial charge in [-0.25, -0.2) is 4.39 Å². The quantitative estimate of drug-likeness (QED) is 0.754. The van der Waals surface area contributed by atoms with Crippen LogP contribution in [0.5, 0.6) is 0 Å². The molecule has 1 aromatic rings. The first-order valence-electron chi connectivity index (χ1n) is 5.05. The van der Waals surface area contributed by atoms with Gasteiger partial charge in [-0.05, 0) is 30.7 Å². The molecule has 0 aliphatic heterocycles. The van der Waals surface area contributed by atoms with Gasteiger partial charge in [-0.3, -0.25) is 4.79 Å². The largest absolute Gasteiger partial charge is 0.351 e. The van der Waals surface area contributed by atoms with Gasteiger partial charge in [0.15, 0.2) is 0 Å². The summed E-state index contributed by atoms with van der Waals surface area (Å²) < 4.78 is 12.6. The number of halogens is 1. The first kappa shape index (κ1) is 12.4. The van der Waals surface area contributed by atoms with Crippen LogP contribution in [0.15, 0.2) is 30.3 Å². The molecule has 0 aliphatic rings. The molecule has 0 heterocycles.